The molecule has 0 spiro atoms. The maximum Gasteiger partial charge on any atom is 0.416 e. The molecule has 5 nitrogen and oxygen atoms in total. The summed E-state index contributed by atoms with van der Waals surface area (Å²) in [5, 5.41) is 2.91. The Morgan fingerprint density at radius 3 is 2.20 bits per heavy atom. The van der Waals surface area contributed by atoms with Gasteiger partial charge in [-0.2, -0.15) is 13.2 Å². The molecule has 0 aliphatic heterocycles. The van der Waals surface area contributed by atoms with Gasteiger partial charge in [-0.1, -0.05) is 0 Å². The van der Waals surface area contributed by atoms with Crippen LogP contribution in [0.3, 0.4) is 0 Å². The maximum absolute atomic E-state index is 12.8. The number of nitrogens with two attached hydrogens (primary N) is 1. The van der Waals surface area contributed by atoms with Crippen LogP contribution in [0.5, 0.6) is 0 Å². The molecule has 0 aliphatic carbocycles. The third-order valence-electron chi connectivity index (χ3n) is 3.21. The Morgan fingerprint density at radius 2 is 1.75 bits per heavy atom. The number of pyridine rings is 1. The van der Waals surface area contributed by atoms with Crippen molar-refractivity contribution in [3.8, 4) is 0 Å². The van der Waals surface area contributed by atoms with Crippen LogP contribution in [-0.4, -0.2) is 36.1 Å². The predicted octanol–water partition coefficient (Wildman–Crippen LogP) is 2.14. The average molecular weight is 291 g/mol. The smallest absolute Gasteiger partial charge is 0.368 e. The summed E-state index contributed by atoms with van der Waals surface area (Å²) < 4.78 is 38.3. The molecule has 0 radical (unpaired) electrons. The molecular formula is C12H20F3N5. The zero-order valence-electron chi connectivity index (χ0n) is 12.0. The Labute approximate surface area is 116 Å². The van der Waals surface area contributed by atoms with Crippen molar-refractivity contribution in [2.45, 2.75) is 25.6 Å². The van der Waals surface area contributed by atoms with Gasteiger partial charge in [-0.05, 0) is 40.1 Å². The predicted molar refractivity (Wildman–Crippen MR) is 73.3 cm³/mol. The molecule has 8 heteroatoms. The molecular weight excluding hydrogens is 271 g/mol. The van der Waals surface area contributed by atoms with Crippen LogP contribution in [0.15, 0.2) is 12.1 Å². The van der Waals surface area contributed by atoms with Crippen molar-refractivity contribution in [1.29, 1.82) is 0 Å². The van der Waals surface area contributed by atoms with E-state index < -0.39 is 11.7 Å². The van der Waals surface area contributed by atoms with Crippen molar-refractivity contribution >= 4 is 11.6 Å². The molecule has 0 aliphatic rings. The summed E-state index contributed by atoms with van der Waals surface area (Å²) in [5.41, 5.74) is 1.11. The lowest BCUT2D eigenvalue weighted by Gasteiger charge is -2.32. The standard InChI is InChI=1S/C12H20F3N5/c1-11(2,20(3)4)7-17-9-5-8(12(13,14)15)6-10(18-9)19-16/h5-6H,7,16H2,1-4H3,(H2,17,18,19). The number of hydrazine groups is 1. The minimum Gasteiger partial charge on any atom is -0.368 e. The van der Waals surface area contributed by atoms with Gasteiger partial charge < -0.3 is 15.6 Å². The molecule has 0 saturated carbocycles. The van der Waals surface area contributed by atoms with E-state index in [0.717, 1.165) is 12.1 Å². The molecule has 0 amide bonds. The molecule has 0 atom stereocenters. The molecule has 1 heterocycles. The number of hydrogen-bond acceptors (Lipinski definition) is 5. The highest BCUT2D eigenvalue weighted by Gasteiger charge is 2.32. The largest absolute Gasteiger partial charge is 0.416 e. The normalized spacial score (nSPS) is 12.7. The SMILES string of the molecule is CN(C)C(C)(C)CNc1cc(C(F)(F)F)cc(NN)n1. The quantitative estimate of drug-likeness (QED) is 0.573. The summed E-state index contributed by atoms with van der Waals surface area (Å²) in [6.07, 6.45) is -4.44. The number of nitrogen functional groups attached to an aromatic ring is 1. The number of likely N-dealkylation sites (N-methyl/N-ethyl adjacent to an activating group) is 1. The summed E-state index contributed by atoms with van der Waals surface area (Å²) in [6, 6.07) is 1.83. The highest BCUT2D eigenvalue weighted by atomic mass is 19.4. The first-order chi connectivity index (χ1) is 9.06. The van der Waals surface area contributed by atoms with E-state index in [1.165, 1.54) is 0 Å². The molecule has 0 saturated heterocycles. The molecule has 114 valence electrons. The molecule has 4 N–H and O–H groups in total. The zero-order chi connectivity index (χ0) is 15.6. The van der Waals surface area contributed by atoms with E-state index in [-0.39, 0.29) is 17.2 Å². The van der Waals surface area contributed by atoms with Crippen LogP contribution in [-0.2, 0) is 6.18 Å². The summed E-state index contributed by atoms with van der Waals surface area (Å²) in [6.45, 7) is 4.38. The number of hydrogen-bond donors (Lipinski definition) is 3. The Morgan fingerprint density at radius 1 is 1.20 bits per heavy atom. The number of aromatic nitrogens is 1. The van der Waals surface area contributed by atoms with Gasteiger partial charge in [0, 0.05) is 12.1 Å². The second-order valence-electron chi connectivity index (χ2n) is 5.33. The van der Waals surface area contributed by atoms with Crippen LogP contribution in [0.25, 0.3) is 0 Å². The van der Waals surface area contributed by atoms with E-state index in [1.54, 1.807) is 0 Å². The first kappa shape index (κ1) is 16.5. The Hall–Kier alpha value is -1.54. The monoisotopic (exact) mass is 291 g/mol. The Balaban J connectivity index is 2.96. The van der Waals surface area contributed by atoms with Gasteiger partial charge in [0.2, 0.25) is 0 Å². The summed E-state index contributed by atoms with van der Waals surface area (Å²) in [4.78, 5) is 5.93. The molecule has 0 unspecified atom stereocenters. The first-order valence-corrected chi connectivity index (χ1v) is 6.03. The number of nitrogens with one attached hydrogen (secondary N) is 2. The van der Waals surface area contributed by atoms with Crippen LogP contribution >= 0.6 is 0 Å². The van der Waals surface area contributed by atoms with Crippen molar-refractivity contribution in [1.82, 2.24) is 9.88 Å². The van der Waals surface area contributed by atoms with Crippen molar-refractivity contribution in [2.75, 3.05) is 31.4 Å². The van der Waals surface area contributed by atoms with E-state index in [4.69, 9.17) is 5.84 Å². The second-order valence-corrected chi connectivity index (χ2v) is 5.33. The van der Waals surface area contributed by atoms with Crippen molar-refractivity contribution in [3.63, 3.8) is 0 Å². The summed E-state index contributed by atoms with van der Waals surface area (Å²) in [5.74, 6) is 5.24. The van der Waals surface area contributed by atoms with Crippen LogP contribution in [0.4, 0.5) is 24.8 Å². The minimum atomic E-state index is -4.44. The Bertz CT molecular complexity index is 457. The van der Waals surface area contributed by atoms with Gasteiger partial charge in [0.25, 0.3) is 0 Å². The average Bonchev–Trinajstić information content (AvgIpc) is 2.34. The van der Waals surface area contributed by atoms with E-state index in [0.29, 0.717) is 6.54 Å². The van der Waals surface area contributed by atoms with Gasteiger partial charge in [-0.3, -0.25) is 0 Å². The van der Waals surface area contributed by atoms with Crippen LogP contribution in [0.2, 0.25) is 0 Å². The molecule has 1 aromatic rings. The summed E-state index contributed by atoms with van der Waals surface area (Å²) in [7, 11) is 3.79. The lowest BCUT2D eigenvalue weighted by atomic mass is 10.0. The number of halogens is 3. The highest BCUT2D eigenvalue weighted by Crippen LogP contribution is 2.32. The third-order valence-corrected chi connectivity index (χ3v) is 3.21. The van der Waals surface area contributed by atoms with Gasteiger partial charge in [-0.15, -0.1) is 0 Å². The number of nitrogens with zero attached hydrogens (tertiary/aromatic N) is 2. The van der Waals surface area contributed by atoms with Crippen molar-refractivity contribution in [3.05, 3.63) is 17.7 Å². The molecule has 20 heavy (non-hydrogen) atoms. The van der Waals surface area contributed by atoms with E-state index in [2.05, 4.69) is 15.7 Å². The fourth-order valence-corrected chi connectivity index (χ4v) is 1.32. The lowest BCUT2D eigenvalue weighted by molar-refractivity contribution is -0.137. The first-order valence-electron chi connectivity index (χ1n) is 6.03. The van der Waals surface area contributed by atoms with Gasteiger partial charge in [0.05, 0.1) is 5.56 Å². The van der Waals surface area contributed by atoms with Crippen LogP contribution < -0.4 is 16.6 Å². The van der Waals surface area contributed by atoms with Crippen LogP contribution in [0.1, 0.15) is 19.4 Å². The van der Waals surface area contributed by atoms with E-state index in [9.17, 15) is 13.2 Å². The number of anilines is 2. The fraction of sp³-hybridized carbons (Fsp3) is 0.583. The minimum absolute atomic E-state index is 0.0371. The zero-order valence-corrected chi connectivity index (χ0v) is 12.0. The molecule has 0 fully saturated rings. The molecule has 0 aromatic carbocycles. The van der Waals surface area contributed by atoms with Crippen molar-refractivity contribution in [2.24, 2.45) is 5.84 Å². The van der Waals surface area contributed by atoms with Gasteiger partial charge in [0.15, 0.2) is 0 Å². The van der Waals surface area contributed by atoms with Gasteiger partial charge >= 0.3 is 6.18 Å². The molecule has 0 bridgehead atoms. The lowest BCUT2D eigenvalue weighted by Crippen LogP contribution is -2.44. The molecule has 1 aromatic heterocycles. The fourth-order valence-electron chi connectivity index (χ4n) is 1.32. The van der Waals surface area contributed by atoms with Gasteiger partial charge in [0.1, 0.15) is 11.6 Å². The maximum atomic E-state index is 12.8. The molecule has 1 rings (SSSR count). The number of alkyl halides is 3. The Kier molecular flexibility index (Phi) is 4.82. The highest BCUT2D eigenvalue weighted by molar-refractivity contribution is 5.49. The summed E-state index contributed by atoms with van der Waals surface area (Å²) >= 11 is 0. The third kappa shape index (κ3) is 4.24. The number of rotatable bonds is 5. The van der Waals surface area contributed by atoms with Gasteiger partial charge in [-0.25, -0.2) is 10.8 Å². The second kappa shape index (κ2) is 5.84. The van der Waals surface area contributed by atoms with E-state index >= 15 is 0 Å². The van der Waals surface area contributed by atoms with E-state index in [1.807, 2.05) is 32.8 Å². The van der Waals surface area contributed by atoms with Crippen molar-refractivity contribution < 1.29 is 13.2 Å². The van der Waals surface area contributed by atoms with Crippen LogP contribution in [0, 0.1) is 0 Å². The topological polar surface area (TPSA) is 66.2 Å².